The van der Waals surface area contributed by atoms with Crippen molar-refractivity contribution in [1.29, 1.82) is 0 Å². The van der Waals surface area contributed by atoms with Crippen molar-refractivity contribution < 1.29 is 9.53 Å². The number of benzene rings is 3. The van der Waals surface area contributed by atoms with Crippen LogP contribution < -0.4 is 5.32 Å². The van der Waals surface area contributed by atoms with E-state index in [9.17, 15) is 4.79 Å². The minimum absolute atomic E-state index is 0.151. The monoisotopic (exact) mass is 384 g/mol. The number of hydrogen-bond acceptors (Lipinski definition) is 3. The second-order valence-electron chi connectivity index (χ2n) is 6.90. The lowest BCUT2D eigenvalue weighted by Gasteiger charge is -2.20. The van der Waals surface area contributed by atoms with Crippen molar-refractivity contribution in [1.82, 2.24) is 5.32 Å². The number of alkyl carbamates (subject to hydrolysis) is 1. The van der Waals surface area contributed by atoms with Gasteiger partial charge in [0.2, 0.25) is 0 Å². The Morgan fingerprint density at radius 1 is 0.966 bits per heavy atom. The average Bonchev–Trinajstić information content (AvgIpc) is 3.07. The topological polar surface area (TPSA) is 87.1 Å². The predicted molar refractivity (Wildman–Crippen MR) is 111 cm³/mol. The Kier molecular flexibility index (Phi) is 5.45. The minimum atomic E-state index is -0.532. The summed E-state index contributed by atoms with van der Waals surface area (Å²) in [6, 6.07) is 25.3. The van der Waals surface area contributed by atoms with Crippen LogP contribution in [0.15, 0.2) is 84.0 Å². The molecule has 0 saturated carbocycles. The summed E-state index contributed by atoms with van der Waals surface area (Å²) in [5.74, 6) is 0. The molecule has 0 fully saturated rings. The predicted octanol–water partition coefficient (Wildman–Crippen LogP) is 5.40. The molecule has 1 N–H and O–H groups in total. The molecule has 1 aliphatic carbocycles. The molecular formula is C23H20N4O2. The van der Waals surface area contributed by atoms with Crippen LogP contribution in [0.25, 0.3) is 21.6 Å². The number of nitrogens with zero attached hydrogens (tertiary/aromatic N) is 3. The molecule has 29 heavy (non-hydrogen) atoms. The Balaban J connectivity index is 1.51. The summed E-state index contributed by atoms with van der Waals surface area (Å²) in [6.07, 6.45) is -0.442. The zero-order valence-corrected chi connectivity index (χ0v) is 15.7. The molecule has 0 heterocycles. The molecule has 0 aromatic heterocycles. The maximum Gasteiger partial charge on any atom is 0.408 e. The molecule has 4 rings (SSSR count). The zero-order valence-electron chi connectivity index (χ0n) is 15.7. The van der Waals surface area contributed by atoms with Crippen LogP contribution in [0.3, 0.4) is 0 Å². The van der Waals surface area contributed by atoms with Crippen LogP contribution in [0, 0.1) is 0 Å². The first kappa shape index (κ1) is 18.6. The molecule has 0 aliphatic heterocycles. The highest BCUT2D eigenvalue weighted by Gasteiger charge is 2.31. The van der Waals surface area contributed by atoms with E-state index in [4.69, 9.17) is 10.3 Å². The van der Waals surface area contributed by atoms with Crippen molar-refractivity contribution in [2.75, 3.05) is 6.54 Å². The van der Waals surface area contributed by atoms with Gasteiger partial charge in [-0.05, 0) is 28.6 Å². The lowest BCUT2D eigenvalue weighted by atomic mass is 10.1. The largest absolute Gasteiger partial charge is 0.436 e. The van der Waals surface area contributed by atoms with Gasteiger partial charge in [0.25, 0.3) is 0 Å². The van der Waals surface area contributed by atoms with Crippen molar-refractivity contribution in [3.63, 3.8) is 0 Å². The molecule has 0 spiro atoms. The van der Waals surface area contributed by atoms with Crippen molar-refractivity contribution in [2.24, 2.45) is 5.11 Å². The molecule has 0 saturated heterocycles. The highest BCUT2D eigenvalue weighted by molar-refractivity contribution is 5.79. The van der Waals surface area contributed by atoms with Crippen molar-refractivity contribution in [3.05, 3.63) is 106 Å². The van der Waals surface area contributed by atoms with Gasteiger partial charge in [-0.3, -0.25) is 0 Å². The maximum absolute atomic E-state index is 12.7. The summed E-state index contributed by atoms with van der Waals surface area (Å²) in [4.78, 5) is 15.5. The molecule has 6 nitrogen and oxygen atoms in total. The first-order valence-electron chi connectivity index (χ1n) is 9.46. The molecule has 6 heteroatoms. The van der Waals surface area contributed by atoms with E-state index in [0.29, 0.717) is 6.42 Å². The SMILES string of the molecule is [N-]=[N+]=NCC(Cc1ccccc1)NC(=O)OC1c2ccccc2-c2ccccc21. The van der Waals surface area contributed by atoms with Gasteiger partial charge in [-0.15, -0.1) is 0 Å². The second-order valence-corrected chi connectivity index (χ2v) is 6.90. The first-order valence-corrected chi connectivity index (χ1v) is 9.46. The van der Waals surface area contributed by atoms with Crippen molar-refractivity contribution in [2.45, 2.75) is 18.6 Å². The summed E-state index contributed by atoms with van der Waals surface area (Å²) in [7, 11) is 0. The summed E-state index contributed by atoms with van der Waals surface area (Å²) in [6.45, 7) is 0.151. The highest BCUT2D eigenvalue weighted by atomic mass is 16.6. The van der Waals surface area contributed by atoms with E-state index < -0.39 is 12.2 Å². The first-order chi connectivity index (χ1) is 14.3. The van der Waals surface area contributed by atoms with Gasteiger partial charge in [0.05, 0.1) is 0 Å². The number of rotatable bonds is 6. The fourth-order valence-corrected chi connectivity index (χ4v) is 3.74. The summed E-state index contributed by atoms with van der Waals surface area (Å²) < 4.78 is 5.83. The van der Waals surface area contributed by atoms with Gasteiger partial charge in [0.15, 0.2) is 6.10 Å². The molecule has 1 atom stereocenters. The van der Waals surface area contributed by atoms with Gasteiger partial charge in [-0.1, -0.05) is 84.0 Å². The number of carbonyl (C=O) groups excluding carboxylic acids is 1. The van der Waals surface area contributed by atoms with Crippen LogP contribution >= 0.6 is 0 Å². The van der Waals surface area contributed by atoms with E-state index in [1.165, 1.54) is 0 Å². The highest BCUT2D eigenvalue weighted by Crippen LogP contribution is 2.44. The molecule has 0 radical (unpaired) electrons. The molecule has 1 aliphatic rings. The lowest BCUT2D eigenvalue weighted by molar-refractivity contribution is 0.115. The zero-order chi connectivity index (χ0) is 20.1. The van der Waals surface area contributed by atoms with Crippen LogP contribution in [0.4, 0.5) is 4.79 Å². The molecule has 3 aromatic rings. The fourth-order valence-electron chi connectivity index (χ4n) is 3.74. The van der Waals surface area contributed by atoms with Crippen LogP contribution in [-0.2, 0) is 11.2 Å². The number of ether oxygens (including phenoxy) is 1. The van der Waals surface area contributed by atoms with Gasteiger partial charge in [-0.25, -0.2) is 4.79 Å². The van der Waals surface area contributed by atoms with E-state index in [1.807, 2.05) is 78.9 Å². The standard InChI is InChI=1S/C23H20N4O2/c24-27-25-15-17(14-16-8-2-1-3-9-16)26-23(28)29-22-20-12-6-4-10-18(20)19-11-5-7-13-21(19)22/h1-13,17,22H,14-15H2,(H,26,28). The van der Waals surface area contributed by atoms with Gasteiger partial charge in [-0.2, -0.15) is 0 Å². The third kappa shape index (κ3) is 4.08. The Morgan fingerprint density at radius 2 is 1.55 bits per heavy atom. The second kappa shape index (κ2) is 8.50. The van der Waals surface area contributed by atoms with E-state index in [1.54, 1.807) is 0 Å². The molecule has 1 amide bonds. The summed E-state index contributed by atoms with van der Waals surface area (Å²) >= 11 is 0. The Bertz CT molecular complexity index is 1020. The van der Waals surface area contributed by atoms with E-state index in [2.05, 4.69) is 15.3 Å². The molecule has 0 bridgehead atoms. The smallest absolute Gasteiger partial charge is 0.408 e. The van der Waals surface area contributed by atoms with Gasteiger partial charge >= 0.3 is 6.09 Å². The Morgan fingerprint density at radius 3 is 2.17 bits per heavy atom. The minimum Gasteiger partial charge on any atom is -0.436 e. The number of hydrogen-bond donors (Lipinski definition) is 1. The van der Waals surface area contributed by atoms with Crippen LogP contribution in [-0.4, -0.2) is 18.7 Å². The third-order valence-corrected chi connectivity index (χ3v) is 5.01. The quantitative estimate of drug-likeness (QED) is 0.350. The van der Waals surface area contributed by atoms with Crippen molar-refractivity contribution in [3.8, 4) is 11.1 Å². The van der Waals surface area contributed by atoms with Gasteiger partial charge in [0, 0.05) is 28.6 Å². The molecule has 1 unspecified atom stereocenters. The fraction of sp³-hybridized carbons (Fsp3) is 0.174. The number of amides is 1. The Hall–Kier alpha value is -3.76. The van der Waals surface area contributed by atoms with Crippen LogP contribution in [0.1, 0.15) is 22.8 Å². The van der Waals surface area contributed by atoms with Crippen LogP contribution in [0.2, 0.25) is 0 Å². The average molecular weight is 384 g/mol. The Labute approximate surface area is 168 Å². The number of fused-ring (bicyclic) bond motifs is 3. The maximum atomic E-state index is 12.7. The summed E-state index contributed by atoms with van der Waals surface area (Å²) in [5, 5.41) is 6.50. The van der Waals surface area contributed by atoms with Gasteiger partial charge in [0.1, 0.15) is 0 Å². The third-order valence-electron chi connectivity index (χ3n) is 5.01. The normalized spacial score (nSPS) is 13.0. The number of nitrogens with one attached hydrogen (secondary N) is 1. The molecule has 3 aromatic carbocycles. The summed E-state index contributed by atoms with van der Waals surface area (Å²) in [5.41, 5.74) is 13.8. The van der Waals surface area contributed by atoms with Gasteiger partial charge < -0.3 is 10.1 Å². The van der Waals surface area contributed by atoms with Crippen molar-refractivity contribution >= 4 is 6.09 Å². The van der Waals surface area contributed by atoms with E-state index in [0.717, 1.165) is 27.8 Å². The lowest BCUT2D eigenvalue weighted by Crippen LogP contribution is -2.39. The number of azide groups is 1. The molecule has 144 valence electrons. The van der Waals surface area contributed by atoms with Crippen LogP contribution in [0.5, 0.6) is 0 Å². The number of carbonyl (C=O) groups is 1. The molecular weight excluding hydrogens is 364 g/mol. The van der Waals surface area contributed by atoms with E-state index in [-0.39, 0.29) is 12.6 Å². The van der Waals surface area contributed by atoms with E-state index >= 15 is 0 Å².